The molecule has 2 aromatic carbocycles. The molecular weight excluding hydrogens is 356 g/mol. The van der Waals surface area contributed by atoms with Gasteiger partial charge in [0.2, 0.25) is 0 Å². The third-order valence-electron chi connectivity index (χ3n) is 3.76. The molecule has 0 spiro atoms. The Bertz CT molecular complexity index is 810. The van der Waals surface area contributed by atoms with Crippen LogP contribution in [0.3, 0.4) is 0 Å². The topological polar surface area (TPSA) is 70.7 Å². The first-order valence-electron chi connectivity index (χ1n) is 8.21. The van der Waals surface area contributed by atoms with Crippen LogP contribution in [0.2, 0.25) is 0 Å². The zero-order chi connectivity index (χ0) is 20.0. The Morgan fingerprint density at radius 2 is 1.74 bits per heavy atom. The summed E-state index contributed by atoms with van der Waals surface area (Å²) < 4.78 is 31.6. The van der Waals surface area contributed by atoms with Crippen molar-refractivity contribution < 1.29 is 23.1 Å². The van der Waals surface area contributed by atoms with E-state index in [1.54, 1.807) is 45.3 Å². The maximum absolute atomic E-state index is 13.3. The number of urea groups is 1. The van der Waals surface area contributed by atoms with E-state index in [1.807, 2.05) is 0 Å². The lowest BCUT2D eigenvalue weighted by atomic mass is 10.1. The number of carbonyl (C=O) groups is 2. The molecule has 0 unspecified atom stereocenters. The van der Waals surface area contributed by atoms with Gasteiger partial charge >= 0.3 is 6.03 Å². The number of benzene rings is 2. The normalized spacial score (nSPS) is 11.4. The lowest BCUT2D eigenvalue weighted by molar-refractivity contribution is -0.130. The SMILES string of the molecule is C[C@@H](NC(=O)Nc1ccc(OCC(=O)N(C)C)cc1)c1ccc(F)c(F)c1. The highest BCUT2D eigenvalue weighted by Crippen LogP contribution is 2.18. The molecule has 0 fully saturated rings. The van der Waals surface area contributed by atoms with Gasteiger partial charge in [0.05, 0.1) is 6.04 Å². The van der Waals surface area contributed by atoms with Crippen LogP contribution < -0.4 is 15.4 Å². The molecule has 2 rings (SSSR count). The number of anilines is 1. The molecule has 3 amide bonds. The van der Waals surface area contributed by atoms with Crippen LogP contribution in [-0.4, -0.2) is 37.5 Å². The first-order chi connectivity index (χ1) is 12.8. The van der Waals surface area contributed by atoms with Crippen molar-refractivity contribution in [3.8, 4) is 5.75 Å². The fourth-order valence-corrected chi connectivity index (χ4v) is 2.14. The van der Waals surface area contributed by atoms with Crippen molar-refractivity contribution in [1.29, 1.82) is 0 Å². The van der Waals surface area contributed by atoms with E-state index in [9.17, 15) is 18.4 Å². The van der Waals surface area contributed by atoms with Crippen molar-refractivity contribution in [2.75, 3.05) is 26.0 Å². The van der Waals surface area contributed by atoms with Crippen molar-refractivity contribution in [3.05, 3.63) is 59.7 Å². The van der Waals surface area contributed by atoms with Gasteiger partial charge in [-0.15, -0.1) is 0 Å². The van der Waals surface area contributed by atoms with Crippen molar-refractivity contribution in [2.24, 2.45) is 0 Å². The van der Waals surface area contributed by atoms with Crippen molar-refractivity contribution >= 4 is 17.6 Å². The lowest BCUT2D eigenvalue weighted by Crippen LogP contribution is -2.31. The Labute approximate surface area is 156 Å². The van der Waals surface area contributed by atoms with Crippen LogP contribution in [0.25, 0.3) is 0 Å². The number of hydrogen-bond acceptors (Lipinski definition) is 3. The minimum Gasteiger partial charge on any atom is -0.484 e. The largest absolute Gasteiger partial charge is 0.484 e. The van der Waals surface area contributed by atoms with E-state index in [0.717, 1.165) is 12.1 Å². The van der Waals surface area contributed by atoms with Gasteiger partial charge in [0.15, 0.2) is 18.2 Å². The second-order valence-electron chi connectivity index (χ2n) is 6.09. The van der Waals surface area contributed by atoms with Crippen molar-refractivity contribution in [1.82, 2.24) is 10.2 Å². The molecule has 0 saturated heterocycles. The Morgan fingerprint density at radius 3 is 2.33 bits per heavy atom. The van der Waals surface area contributed by atoms with E-state index in [-0.39, 0.29) is 12.5 Å². The Hall–Kier alpha value is -3.16. The number of nitrogens with zero attached hydrogens (tertiary/aromatic N) is 1. The fourth-order valence-electron chi connectivity index (χ4n) is 2.14. The maximum atomic E-state index is 13.3. The van der Waals surface area contributed by atoms with Gasteiger partial charge < -0.3 is 20.3 Å². The molecule has 1 atom stereocenters. The number of likely N-dealkylation sites (N-methyl/N-ethyl adjacent to an activating group) is 1. The molecule has 0 saturated carbocycles. The molecule has 0 aliphatic heterocycles. The molecule has 0 aliphatic carbocycles. The third kappa shape index (κ3) is 5.95. The van der Waals surface area contributed by atoms with Crippen LogP contribution in [0.4, 0.5) is 19.3 Å². The van der Waals surface area contributed by atoms with Gasteiger partial charge in [-0.1, -0.05) is 6.07 Å². The minimum atomic E-state index is -0.968. The molecular formula is C19H21F2N3O3. The predicted octanol–water partition coefficient (Wildman–Crippen LogP) is 3.31. The molecule has 144 valence electrons. The lowest BCUT2D eigenvalue weighted by Gasteiger charge is -2.15. The van der Waals surface area contributed by atoms with E-state index in [2.05, 4.69) is 10.6 Å². The van der Waals surface area contributed by atoms with Crippen LogP contribution in [0.15, 0.2) is 42.5 Å². The number of rotatable bonds is 6. The first kappa shape index (κ1) is 20.2. The Balaban J connectivity index is 1.87. The minimum absolute atomic E-state index is 0.0774. The van der Waals surface area contributed by atoms with Gasteiger partial charge in [-0.25, -0.2) is 13.6 Å². The summed E-state index contributed by atoms with van der Waals surface area (Å²) in [5.41, 5.74) is 0.953. The molecule has 8 heteroatoms. The number of hydrogen-bond donors (Lipinski definition) is 2. The van der Waals surface area contributed by atoms with E-state index >= 15 is 0 Å². The molecule has 0 aliphatic rings. The molecule has 2 N–H and O–H groups in total. The molecule has 2 aromatic rings. The summed E-state index contributed by atoms with van der Waals surface area (Å²) in [5, 5.41) is 5.27. The number of carbonyl (C=O) groups excluding carboxylic acids is 2. The van der Waals surface area contributed by atoms with Gasteiger partial charge in [0, 0.05) is 19.8 Å². The summed E-state index contributed by atoms with van der Waals surface area (Å²) in [7, 11) is 3.28. The molecule has 0 aromatic heterocycles. The van der Waals surface area contributed by atoms with Gasteiger partial charge in [-0.05, 0) is 48.9 Å². The second kappa shape index (κ2) is 8.98. The van der Waals surface area contributed by atoms with Crippen LogP contribution in [-0.2, 0) is 4.79 Å². The number of nitrogens with one attached hydrogen (secondary N) is 2. The highest BCUT2D eigenvalue weighted by atomic mass is 19.2. The van der Waals surface area contributed by atoms with E-state index in [0.29, 0.717) is 17.0 Å². The molecule has 0 bridgehead atoms. The number of ether oxygens (including phenoxy) is 1. The summed E-state index contributed by atoms with van der Waals surface area (Å²) in [6.45, 7) is 1.58. The van der Waals surface area contributed by atoms with Gasteiger partial charge in [-0.2, -0.15) is 0 Å². The highest BCUT2D eigenvalue weighted by Gasteiger charge is 2.12. The third-order valence-corrected chi connectivity index (χ3v) is 3.76. The summed E-state index contributed by atoms with van der Waals surface area (Å²) in [6.07, 6.45) is 0. The molecule has 0 radical (unpaired) electrons. The first-order valence-corrected chi connectivity index (χ1v) is 8.21. The number of amides is 3. The highest BCUT2D eigenvalue weighted by molar-refractivity contribution is 5.89. The zero-order valence-corrected chi connectivity index (χ0v) is 15.3. The quantitative estimate of drug-likeness (QED) is 0.811. The summed E-state index contributed by atoms with van der Waals surface area (Å²) in [5.74, 6) is -1.58. The Kier molecular flexibility index (Phi) is 6.70. The van der Waals surface area contributed by atoms with Crippen LogP contribution in [0.1, 0.15) is 18.5 Å². The molecule has 0 heterocycles. The average Bonchev–Trinajstić information content (AvgIpc) is 2.62. The fraction of sp³-hybridized carbons (Fsp3) is 0.263. The molecule has 27 heavy (non-hydrogen) atoms. The van der Waals surface area contributed by atoms with Crippen molar-refractivity contribution in [3.63, 3.8) is 0 Å². The van der Waals surface area contributed by atoms with Gasteiger partial charge in [-0.3, -0.25) is 4.79 Å². The zero-order valence-electron chi connectivity index (χ0n) is 15.3. The average molecular weight is 377 g/mol. The van der Waals surface area contributed by atoms with E-state index < -0.39 is 23.7 Å². The monoisotopic (exact) mass is 377 g/mol. The predicted molar refractivity (Wildman–Crippen MR) is 97.6 cm³/mol. The van der Waals surface area contributed by atoms with Gasteiger partial charge in [0.25, 0.3) is 5.91 Å². The number of halogens is 2. The summed E-state index contributed by atoms with van der Waals surface area (Å²) in [6, 6.07) is 8.94. The van der Waals surface area contributed by atoms with E-state index in [1.165, 1.54) is 11.0 Å². The van der Waals surface area contributed by atoms with Crippen molar-refractivity contribution in [2.45, 2.75) is 13.0 Å². The summed E-state index contributed by atoms with van der Waals surface area (Å²) in [4.78, 5) is 25.0. The molecule has 6 nitrogen and oxygen atoms in total. The smallest absolute Gasteiger partial charge is 0.319 e. The van der Waals surface area contributed by atoms with Crippen LogP contribution in [0, 0.1) is 11.6 Å². The maximum Gasteiger partial charge on any atom is 0.319 e. The van der Waals surface area contributed by atoms with Crippen LogP contribution in [0.5, 0.6) is 5.75 Å². The summed E-state index contributed by atoms with van der Waals surface area (Å²) >= 11 is 0. The van der Waals surface area contributed by atoms with E-state index in [4.69, 9.17) is 4.74 Å². The van der Waals surface area contributed by atoms with Crippen LogP contribution >= 0.6 is 0 Å². The second-order valence-corrected chi connectivity index (χ2v) is 6.09. The Morgan fingerprint density at radius 1 is 1.07 bits per heavy atom. The van der Waals surface area contributed by atoms with Gasteiger partial charge in [0.1, 0.15) is 5.75 Å². The standard InChI is InChI=1S/C19H21F2N3O3/c1-12(13-4-9-16(20)17(21)10-13)22-19(26)23-14-5-7-15(8-6-14)27-11-18(25)24(2)3/h4-10,12H,11H2,1-3H3,(H2,22,23,26)/t12-/m1/s1.